The molecule has 1 N–H and O–H groups in total. The van der Waals surface area contributed by atoms with Crippen LogP contribution in [-0.4, -0.2) is 11.4 Å². The molecular weight excluding hydrogens is 196 g/mol. The fraction of sp³-hybridized carbons (Fsp3) is 0.273. The summed E-state index contributed by atoms with van der Waals surface area (Å²) in [6.07, 6.45) is -0.700. The highest BCUT2D eigenvalue weighted by molar-refractivity contribution is 7.17. The number of fused-ring (bicyclic) bond motifs is 1. The molecule has 2 nitrogen and oxygen atoms in total. The van der Waals surface area contributed by atoms with Crippen LogP contribution < -0.4 is 0 Å². The predicted molar refractivity (Wildman–Crippen MR) is 58.3 cm³/mol. The number of thiophene rings is 1. The molecule has 14 heavy (non-hydrogen) atoms. The second-order valence-corrected chi connectivity index (χ2v) is 4.08. The summed E-state index contributed by atoms with van der Waals surface area (Å²) >= 11 is 1.70. The highest BCUT2D eigenvalue weighted by Crippen LogP contribution is 2.26. The lowest BCUT2D eigenvalue weighted by Crippen LogP contribution is -2.05. The van der Waals surface area contributed by atoms with E-state index in [2.05, 4.69) is 17.5 Å². The van der Waals surface area contributed by atoms with Gasteiger partial charge in [0.1, 0.15) is 0 Å². The standard InChI is InChI=1S/C11H12O2S/c1-8(12)13-6-9-7-14-11-5-3-2-4-10(9)11/h2-5,7-8,12H,6H2,1H3. The molecule has 1 aromatic heterocycles. The normalized spacial score (nSPS) is 13.3. The van der Waals surface area contributed by atoms with Gasteiger partial charge in [-0.25, -0.2) is 0 Å². The lowest BCUT2D eigenvalue weighted by atomic mass is 10.2. The van der Waals surface area contributed by atoms with E-state index in [1.54, 1.807) is 18.3 Å². The molecule has 0 radical (unpaired) electrons. The Morgan fingerprint density at radius 2 is 2.21 bits per heavy atom. The zero-order valence-electron chi connectivity index (χ0n) is 7.93. The van der Waals surface area contributed by atoms with Crippen LogP contribution in [0.5, 0.6) is 0 Å². The Kier molecular flexibility index (Phi) is 2.82. The van der Waals surface area contributed by atoms with Gasteiger partial charge in [0.25, 0.3) is 0 Å². The van der Waals surface area contributed by atoms with Crippen molar-refractivity contribution in [1.82, 2.24) is 0 Å². The van der Waals surface area contributed by atoms with Crippen LogP contribution in [0.2, 0.25) is 0 Å². The summed E-state index contributed by atoms with van der Waals surface area (Å²) in [5.41, 5.74) is 1.14. The summed E-state index contributed by atoms with van der Waals surface area (Å²) in [4.78, 5) is 0. The molecule has 74 valence electrons. The fourth-order valence-electron chi connectivity index (χ4n) is 1.35. The van der Waals surface area contributed by atoms with E-state index in [-0.39, 0.29) is 0 Å². The maximum Gasteiger partial charge on any atom is 0.152 e. The molecule has 3 heteroatoms. The number of benzene rings is 1. The zero-order valence-corrected chi connectivity index (χ0v) is 8.75. The summed E-state index contributed by atoms with van der Waals surface area (Å²) in [5.74, 6) is 0. The average molecular weight is 208 g/mol. The summed E-state index contributed by atoms with van der Waals surface area (Å²) in [6.45, 7) is 2.09. The van der Waals surface area contributed by atoms with Crippen LogP contribution in [0.4, 0.5) is 0 Å². The summed E-state index contributed by atoms with van der Waals surface area (Å²) < 4.78 is 6.42. The first-order valence-corrected chi connectivity index (χ1v) is 5.40. The van der Waals surface area contributed by atoms with Crippen molar-refractivity contribution < 1.29 is 9.84 Å². The van der Waals surface area contributed by atoms with Gasteiger partial charge in [-0.1, -0.05) is 18.2 Å². The van der Waals surface area contributed by atoms with Crippen LogP contribution in [-0.2, 0) is 11.3 Å². The first-order valence-electron chi connectivity index (χ1n) is 4.52. The molecule has 0 bridgehead atoms. The maximum atomic E-state index is 9.00. The lowest BCUT2D eigenvalue weighted by molar-refractivity contribution is -0.0935. The number of aliphatic hydroxyl groups excluding tert-OH is 1. The molecule has 0 amide bonds. The Morgan fingerprint density at radius 1 is 1.43 bits per heavy atom. The van der Waals surface area contributed by atoms with Crippen molar-refractivity contribution in [3.63, 3.8) is 0 Å². The van der Waals surface area contributed by atoms with Gasteiger partial charge in [0.15, 0.2) is 6.29 Å². The van der Waals surface area contributed by atoms with Gasteiger partial charge in [-0.15, -0.1) is 11.3 Å². The highest BCUT2D eigenvalue weighted by Gasteiger charge is 2.04. The van der Waals surface area contributed by atoms with Crippen molar-refractivity contribution in [2.45, 2.75) is 19.8 Å². The van der Waals surface area contributed by atoms with Crippen molar-refractivity contribution in [3.8, 4) is 0 Å². The van der Waals surface area contributed by atoms with Gasteiger partial charge in [0.05, 0.1) is 6.61 Å². The van der Waals surface area contributed by atoms with E-state index in [4.69, 9.17) is 9.84 Å². The smallest absolute Gasteiger partial charge is 0.152 e. The Bertz CT molecular complexity index is 420. The second kappa shape index (κ2) is 4.09. The van der Waals surface area contributed by atoms with E-state index in [1.165, 1.54) is 10.1 Å². The van der Waals surface area contributed by atoms with Crippen LogP contribution >= 0.6 is 11.3 Å². The van der Waals surface area contributed by atoms with Crippen LogP contribution in [0.15, 0.2) is 29.6 Å². The molecule has 0 fully saturated rings. The van der Waals surface area contributed by atoms with E-state index in [0.29, 0.717) is 6.61 Å². The maximum absolute atomic E-state index is 9.00. The van der Waals surface area contributed by atoms with Crippen LogP contribution in [0.1, 0.15) is 12.5 Å². The van der Waals surface area contributed by atoms with Gasteiger partial charge in [0, 0.05) is 4.70 Å². The topological polar surface area (TPSA) is 29.5 Å². The Balaban J connectivity index is 2.25. The van der Waals surface area contributed by atoms with Crippen molar-refractivity contribution in [1.29, 1.82) is 0 Å². The first-order chi connectivity index (χ1) is 6.77. The highest BCUT2D eigenvalue weighted by atomic mass is 32.1. The average Bonchev–Trinajstić information content (AvgIpc) is 2.58. The SMILES string of the molecule is CC(O)OCc1csc2ccccc12. The number of ether oxygens (including phenoxy) is 1. The van der Waals surface area contributed by atoms with Crippen LogP contribution in [0.3, 0.4) is 0 Å². The van der Waals surface area contributed by atoms with Crippen molar-refractivity contribution in [2.75, 3.05) is 0 Å². The molecule has 1 aromatic carbocycles. The summed E-state index contributed by atoms with van der Waals surface area (Å²) in [5, 5.41) is 12.3. The van der Waals surface area contributed by atoms with Crippen molar-refractivity contribution >= 4 is 21.4 Å². The molecule has 1 heterocycles. The second-order valence-electron chi connectivity index (χ2n) is 3.17. The number of hydrogen-bond acceptors (Lipinski definition) is 3. The van der Waals surface area contributed by atoms with Crippen molar-refractivity contribution in [2.24, 2.45) is 0 Å². The number of rotatable bonds is 3. The minimum absolute atomic E-state index is 0.474. The Morgan fingerprint density at radius 3 is 3.00 bits per heavy atom. The van der Waals surface area contributed by atoms with Gasteiger partial charge >= 0.3 is 0 Å². The van der Waals surface area contributed by atoms with E-state index in [0.717, 1.165) is 5.56 Å². The predicted octanol–water partition coefficient (Wildman–Crippen LogP) is 2.76. The minimum atomic E-state index is -0.700. The van der Waals surface area contributed by atoms with E-state index in [9.17, 15) is 0 Å². The molecule has 1 unspecified atom stereocenters. The van der Waals surface area contributed by atoms with Gasteiger partial charge in [-0.05, 0) is 29.3 Å². The zero-order chi connectivity index (χ0) is 9.97. The lowest BCUT2D eigenvalue weighted by Gasteiger charge is -2.05. The first kappa shape index (κ1) is 9.65. The van der Waals surface area contributed by atoms with E-state index >= 15 is 0 Å². The molecule has 0 saturated heterocycles. The third kappa shape index (κ3) is 1.95. The fourth-order valence-corrected chi connectivity index (χ4v) is 2.30. The Labute approximate surface area is 86.8 Å². The van der Waals surface area contributed by atoms with Crippen molar-refractivity contribution in [3.05, 3.63) is 35.2 Å². The van der Waals surface area contributed by atoms with Gasteiger partial charge in [-0.3, -0.25) is 0 Å². The quantitative estimate of drug-likeness (QED) is 0.786. The Hall–Kier alpha value is -0.900. The minimum Gasteiger partial charge on any atom is -0.368 e. The molecule has 0 spiro atoms. The van der Waals surface area contributed by atoms with Gasteiger partial charge in [-0.2, -0.15) is 0 Å². The summed E-state index contributed by atoms with van der Waals surface area (Å²) in [7, 11) is 0. The molecule has 0 aliphatic heterocycles. The molecule has 2 rings (SSSR count). The van der Waals surface area contributed by atoms with E-state index in [1.807, 2.05) is 12.1 Å². The number of hydrogen-bond donors (Lipinski definition) is 1. The van der Waals surface area contributed by atoms with Crippen LogP contribution in [0, 0.1) is 0 Å². The monoisotopic (exact) mass is 208 g/mol. The molecular formula is C11H12O2S. The molecule has 0 aliphatic carbocycles. The third-order valence-corrected chi connectivity index (χ3v) is 3.05. The van der Waals surface area contributed by atoms with Gasteiger partial charge in [0.2, 0.25) is 0 Å². The summed E-state index contributed by atoms with van der Waals surface area (Å²) in [6, 6.07) is 8.21. The van der Waals surface area contributed by atoms with Gasteiger partial charge < -0.3 is 9.84 Å². The molecule has 0 aliphatic rings. The van der Waals surface area contributed by atoms with E-state index < -0.39 is 6.29 Å². The molecule has 0 saturated carbocycles. The molecule has 1 atom stereocenters. The van der Waals surface area contributed by atoms with Crippen LogP contribution in [0.25, 0.3) is 10.1 Å². The largest absolute Gasteiger partial charge is 0.368 e. The number of aliphatic hydroxyl groups is 1. The molecule has 2 aromatic rings. The third-order valence-electron chi connectivity index (χ3n) is 2.04.